The summed E-state index contributed by atoms with van der Waals surface area (Å²) in [6.45, 7) is 12.8. The van der Waals surface area contributed by atoms with Gasteiger partial charge in [0.15, 0.2) is 0 Å². The van der Waals surface area contributed by atoms with Crippen LogP contribution >= 0.6 is 24.4 Å². The van der Waals surface area contributed by atoms with Crippen LogP contribution in [0.25, 0.3) is 5.57 Å². The van der Waals surface area contributed by atoms with Crippen molar-refractivity contribution in [3.63, 3.8) is 0 Å². The van der Waals surface area contributed by atoms with Gasteiger partial charge in [-0.3, -0.25) is 0 Å². The van der Waals surface area contributed by atoms with Crippen LogP contribution in [0.1, 0.15) is 44.7 Å². The Morgan fingerprint density at radius 1 is 1.15 bits per heavy atom. The molecule has 2 rings (SSSR count). The van der Waals surface area contributed by atoms with E-state index in [0.717, 1.165) is 5.57 Å². The fourth-order valence-corrected chi connectivity index (χ4v) is 3.13. The molecule has 1 unspecified atom stereocenters. The molecule has 0 N–H and O–H groups in total. The predicted octanol–water partition coefficient (Wildman–Crippen LogP) is 5.87. The largest absolute Gasteiger partial charge is 0.171 e. The van der Waals surface area contributed by atoms with Crippen LogP contribution < -0.4 is 0 Å². The Morgan fingerprint density at radius 2 is 1.65 bits per heavy atom. The minimum Gasteiger partial charge on any atom is -0.171 e. The van der Waals surface area contributed by atoms with E-state index in [1.807, 2.05) is 0 Å². The second kappa shape index (κ2) is 8.19. The third kappa shape index (κ3) is 5.97. The first-order chi connectivity index (χ1) is 9.32. The van der Waals surface area contributed by atoms with Crippen molar-refractivity contribution in [3.8, 4) is 0 Å². The summed E-state index contributed by atoms with van der Waals surface area (Å²) < 4.78 is 0. The van der Waals surface area contributed by atoms with Crippen LogP contribution in [-0.2, 0) is 0 Å². The van der Waals surface area contributed by atoms with Gasteiger partial charge >= 0.3 is 0 Å². The molecule has 1 saturated heterocycles. The number of thiol groups is 1. The fourth-order valence-electron chi connectivity index (χ4n) is 1.96. The lowest BCUT2D eigenvalue weighted by Gasteiger charge is -2.28. The van der Waals surface area contributed by atoms with Crippen LogP contribution in [0, 0.1) is 12.3 Å². The van der Waals surface area contributed by atoms with E-state index in [1.165, 1.54) is 35.5 Å². The Labute approximate surface area is 134 Å². The predicted molar refractivity (Wildman–Crippen MR) is 99.0 cm³/mol. The molecule has 0 radical (unpaired) electrons. The van der Waals surface area contributed by atoms with Crippen molar-refractivity contribution in [2.24, 2.45) is 5.41 Å². The molecule has 1 aliphatic heterocycles. The van der Waals surface area contributed by atoms with Gasteiger partial charge in [-0.25, -0.2) is 0 Å². The smallest absolute Gasteiger partial charge is 0.0315 e. The van der Waals surface area contributed by atoms with E-state index < -0.39 is 0 Å². The highest BCUT2D eigenvalue weighted by atomic mass is 32.2. The highest BCUT2D eigenvalue weighted by Crippen LogP contribution is 2.34. The molecule has 20 heavy (non-hydrogen) atoms. The van der Waals surface area contributed by atoms with Gasteiger partial charge in [0.05, 0.1) is 0 Å². The Bertz CT molecular complexity index is 400. The average molecular weight is 309 g/mol. The monoisotopic (exact) mass is 308 g/mol. The minimum absolute atomic E-state index is 0.144. The molecule has 1 atom stereocenters. The molecule has 0 bridgehead atoms. The molecular formula is C18H28S2. The second-order valence-electron chi connectivity index (χ2n) is 6.48. The topological polar surface area (TPSA) is 0 Å². The molecule has 0 aliphatic carbocycles. The fraction of sp³-hybridized carbons (Fsp3) is 0.556. The zero-order chi connectivity index (χ0) is 15.2. The molecule has 0 nitrogen and oxygen atoms in total. The van der Waals surface area contributed by atoms with Gasteiger partial charge in [0.1, 0.15) is 0 Å². The molecule has 0 spiro atoms. The Kier molecular flexibility index (Phi) is 7.25. The molecule has 0 amide bonds. The van der Waals surface area contributed by atoms with Crippen molar-refractivity contribution >= 4 is 30.0 Å². The molecular weight excluding hydrogens is 280 g/mol. The molecule has 2 heteroatoms. The number of thioether (sulfide) groups is 1. The highest BCUT2D eigenvalue weighted by molar-refractivity contribution is 7.99. The van der Waals surface area contributed by atoms with Gasteiger partial charge in [-0.2, -0.15) is 24.4 Å². The van der Waals surface area contributed by atoms with Crippen LogP contribution in [0.2, 0.25) is 0 Å². The summed E-state index contributed by atoms with van der Waals surface area (Å²) in [5.41, 5.74) is 3.71. The Hall–Kier alpha value is -0.340. The van der Waals surface area contributed by atoms with E-state index in [1.54, 1.807) is 0 Å². The Balaban J connectivity index is 0.000000333. The summed E-state index contributed by atoms with van der Waals surface area (Å²) in [6.07, 6.45) is 2.93. The molecule has 1 aliphatic rings. The van der Waals surface area contributed by atoms with Crippen molar-refractivity contribution in [3.05, 3.63) is 42.0 Å². The van der Waals surface area contributed by atoms with Crippen LogP contribution in [0.4, 0.5) is 0 Å². The third-order valence-corrected chi connectivity index (χ3v) is 5.64. The standard InChI is InChI=1S/C14H20S.C4H8S/c1-10-6-8-12(9-7-10)11(2)13(15)14(3,4)5;1-2-4-5-3-1/h6-9,13,15H,2H2,1,3-5H3;1-4H2. The van der Waals surface area contributed by atoms with Crippen molar-refractivity contribution in [1.82, 2.24) is 0 Å². The lowest BCUT2D eigenvalue weighted by atomic mass is 9.85. The summed E-state index contributed by atoms with van der Waals surface area (Å²) in [5.74, 6) is 2.83. The van der Waals surface area contributed by atoms with E-state index in [0.29, 0.717) is 0 Å². The number of hydrogen-bond acceptors (Lipinski definition) is 2. The number of benzene rings is 1. The lowest BCUT2D eigenvalue weighted by molar-refractivity contribution is 0.440. The molecule has 0 saturated carbocycles. The van der Waals surface area contributed by atoms with Gasteiger partial charge in [0.2, 0.25) is 0 Å². The van der Waals surface area contributed by atoms with Gasteiger partial charge in [-0.1, -0.05) is 57.2 Å². The molecule has 1 aromatic rings. The Morgan fingerprint density at radius 3 is 2.00 bits per heavy atom. The van der Waals surface area contributed by atoms with Crippen LogP contribution in [-0.4, -0.2) is 16.8 Å². The van der Waals surface area contributed by atoms with Crippen molar-refractivity contribution in [2.45, 2.75) is 45.8 Å². The van der Waals surface area contributed by atoms with Crippen LogP contribution in [0.3, 0.4) is 0 Å². The number of hydrogen-bond donors (Lipinski definition) is 1. The summed E-state index contributed by atoms with van der Waals surface area (Å²) in [5, 5.41) is 0.195. The first-order valence-corrected chi connectivity index (χ1v) is 9.01. The summed E-state index contributed by atoms with van der Waals surface area (Å²) in [7, 11) is 0. The van der Waals surface area contributed by atoms with Crippen molar-refractivity contribution < 1.29 is 0 Å². The molecule has 112 valence electrons. The van der Waals surface area contributed by atoms with Crippen LogP contribution in [0.15, 0.2) is 30.8 Å². The molecule has 0 aromatic heterocycles. The maximum absolute atomic E-state index is 4.64. The van der Waals surface area contributed by atoms with Gasteiger partial charge < -0.3 is 0 Å². The number of aryl methyl sites for hydroxylation is 1. The van der Waals surface area contributed by atoms with Gasteiger partial charge in [-0.05, 0) is 47.8 Å². The van der Waals surface area contributed by atoms with Crippen molar-refractivity contribution in [2.75, 3.05) is 11.5 Å². The number of rotatable bonds is 2. The zero-order valence-electron chi connectivity index (χ0n) is 13.3. The van der Waals surface area contributed by atoms with E-state index in [2.05, 4.69) is 82.9 Å². The second-order valence-corrected chi connectivity index (χ2v) is 8.22. The average Bonchev–Trinajstić information content (AvgIpc) is 2.96. The minimum atomic E-state index is 0.144. The zero-order valence-corrected chi connectivity index (χ0v) is 15.0. The summed E-state index contributed by atoms with van der Waals surface area (Å²) in [6, 6.07) is 8.46. The van der Waals surface area contributed by atoms with Gasteiger partial charge in [-0.15, -0.1) is 0 Å². The maximum atomic E-state index is 4.64. The van der Waals surface area contributed by atoms with Gasteiger partial charge in [0.25, 0.3) is 0 Å². The van der Waals surface area contributed by atoms with E-state index >= 15 is 0 Å². The van der Waals surface area contributed by atoms with E-state index in [9.17, 15) is 0 Å². The quantitative estimate of drug-likeness (QED) is 0.667. The SMILES string of the molecule is C1CCSC1.C=C(c1ccc(C)cc1)C(S)C(C)(C)C. The van der Waals surface area contributed by atoms with Crippen molar-refractivity contribution in [1.29, 1.82) is 0 Å². The first kappa shape index (κ1) is 17.7. The normalized spacial score (nSPS) is 16.2. The molecule has 1 heterocycles. The van der Waals surface area contributed by atoms with Gasteiger partial charge in [0, 0.05) is 5.25 Å². The highest BCUT2D eigenvalue weighted by Gasteiger charge is 2.24. The first-order valence-electron chi connectivity index (χ1n) is 7.34. The maximum Gasteiger partial charge on any atom is 0.0315 e. The van der Waals surface area contributed by atoms with E-state index in [-0.39, 0.29) is 10.7 Å². The lowest BCUT2D eigenvalue weighted by Crippen LogP contribution is -2.21. The molecule has 1 fully saturated rings. The van der Waals surface area contributed by atoms with Crippen LogP contribution in [0.5, 0.6) is 0 Å². The summed E-state index contributed by atoms with van der Waals surface area (Å²) >= 11 is 6.72. The van der Waals surface area contributed by atoms with E-state index in [4.69, 9.17) is 0 Å². The third-order valence-electron chi connectivity index (χ3n) is 3.40. The molecule has 1 aromatic carbocycles. The summed E-state index contributed by atoms with van der Waals surface area (Å²) in [4.78, 5) is 0.